The van der Waals surface area contributed by atoms with E-state index < -0.39 is 16.8 Å². The van der Waals surface area contributed by atoms with E-state index in [1.807, 2.05) is 18.2 Å². The van der Waals surface area contributed by atoms with Crippen LogP contribution in [0.1, 0.15) is 66.2 Å². The average molecular weight is 366 g/mol. The Balaban J connectivity index is 2.40. The summed E-state index contributed by atoms with van der Waals surface area (Å²) in [7, 11) is 1.37. The van der Waals surface area contributed by atoms with Crippen molar-refractivity contribution in [1.29, 1.82) is 0 Å². The number of aliphatic hydroxyl groups is 2. The van der Waals surface area contributed by atoms with Crippen LogP contribution in [0.15, 0.2) is 23.8 Å². The summed E-state index contributed by atoms with van der Waals surface area (Å²) < 4.78 is 11.3. The number of hydrogen-bond acceptors (Lipinski definition) is 5. The van der Waals surface area contributed by atoms with E-state index in [0.717, 1.165) is 0 Å². The normalized spacial score (nSPS) is 42.2. The van der Waals surface area contributed by atoms with E-state index in [0.29, 0.717) is 44.1 Å². The Bertz CT molecular complexity index is 573. The molecule has 2 heterocycles. The van der Waals surface area contributed by atoms with Gasteiger partial charge >= 0.3 is 5.97 Å². The number of esters is 1. The molecule has 2 bridgehead atoms. The molecule has 2 N–H and O–H groups in total. The molecule has 0 radical (unpaired) electrons. The topological polar surface area (TPSA) is 76.0 Å². The van der Waals surface area contributed by atoms with Crippen molar-refractivity contribution < 1.29 is 24.5 Å². The standard InChI is InChI=1S/C21H34O5/c1-15(2)21-13-11-19(3,23)10-6-7-16(18(22)25-5)8-9-17(26-21)20(4,24)12-14-21/h7,11,13,15,17,23-24H,6,8-10,12,14H2,1-5H3/b13-11+,16-7-/t17-,19-,20-,21-/m0/s1. The van der Waals surface area contributed by atoms with E-state index in [1.54, 1.807) is 13.8 Å². The molecule has 0 amide bonds. The zero-order valence-electron chi connectivity index (χ0n) is 16.7. The van der Waals surface area contributed by atoms with Crippen LogP contribution in [0.3, 0.4) is 0 Å². The highest BCUT2D eigenvalue weighted by atomic mass is 16.5. The van der Waals surface area contributed by atoms with Gasteiger partial charge in [0.25, 0.3) is 0 Å². The highest BCUT2D eigenvalue weighted by Crippen LogP contribution is 2.43. The minimum absolute atomic E-state index is 0.201. The van der Waals surface area contributed by atoms with Crippen LogP contribution in [-0.4, -0.2) is 46.2 Å². The first-order valence-corrected chi connectivity index (χ1v) is 9.62. The number of fused-ring (bicyclic) bond motifs is 2. The van der Waals surface area contributed by atoms with Crippen LogP contribution >= 0.6 is 0 Å². The smallest absolute Gasteiger partial charge is 0.333 e. The van der Waals surface area contributed by atoms with Crippen LogP contribution in [0.25, 0.3) is 0 Å². The minimum Gasteiger partial charge on any atom is -0.466 e. The molecule has 5 nitrogen and oxygen atoms in total. The molecule has 4 atom stereocenters. The Hall–Kier alpha value is -1.17. The first-order valence-electron chi connectivity index (χ1n) is 9.62. The fourth-order valence-corrected chi connectivity index (χ4v) is 3.82. The Morgan fingerprint density at radius 1 is 1.23 bits per heavy atom. The first-order chi connectivity index (χ1) is 12.0. The van der Waals surface area contributed by atoms with Gasteiger partial charge in [-0.2, -0.15) is 0 Å². The zero-order valence-corrected chi connectivity index (χ0v) is 16.7. The van der Waals surface area contributed by atoms with Crippen molar-refractivity contribution in [1.82, 2.24) is 0 Å². The van der Waals surface area contributed by atoms with Gasteiger partial charge in [0, 0.05) is 5.57 Å². The van der Waals surface area contributed by atoms with Crippen LogP contribution in [-0.2, 0) is 14.3 Å². The SMILES string of the molecule is COC(=O)/C1=C\CC[C@](C)(O)/C=C/[C@@]2(C(C)C)CC[C@](C)(O)[C@H](CC1)O2. The molecule has 0 unspecified atom stereocenters. The molecule has 0 spiro atoms. The predicted molar refractivity (Wildman–Crippen MR) is 101 cm³/mol. The van der Waals surface area contributed by atoms with Crippen LogP contribution in [0.4, 0.5) is 0 Å². The largest absolute Gasteiger partial charge is 0.466 e. The average Bonchev–Trinajstić information content (AvgIpc) is 2.56. The van der Waals surface area contributed by atoms with Crippen LogP contribution in [0.2, 0.25) is 0 Å². The van der Waals surface area contributed by atoms with Gasteiger partial charge in [-0.25, -0.2) is 4.79 Å². The van der Waals surface area contributed by atoms with Gasteiger partial charge < -0.3 is 19.7 Å². The summed E-state index contributed by atoms with van der Waals surface area (Å²) in [6, 6.07) is 0. The third-order valence-electron chi connectivity index (χ3n) is 5.94. The number of rotatable bonds is 2. The molecular weight excluding hydrogens is 332 g/mol. The van der Waals surface area contributed by atoms with Crippen molar-refractivity contribution in [3.63, 3.8) is 0 Å². The number of carbonyl (C=O) groups excluding carboxylic acids is 1. The lowest BCUT2D eigenvalue weighted by Gasteiger charge is -2.49. The highest BCUT2D eigenvalue weighted by Gasteiger charge is 2.47. The maximum atomic E-state index is 12.1. The molecule has 148 valence electrons. The maximum absolute atomic E-state index is 12.1. The Labute approximate surface area is 157 Å². The first kappa shape index (κ1) is 21.1. The van der Waals surface area contributed by atoms with Gasteiger partial charge in [0.2, 0.25) is 0 Å². The van der Waals surface area contributed by atoms with Crippen LogP contribution in [0.5, 0.6) is 0 Å². The van der Waals surface area contributed by atoms with Gasteiger partial charge in [0.05, 0.1) is 30.0 Å². The number of methoxy groups -OCH3 is 1. The van der Waals surface area contributed by atoms with Crippen LogP contribution in [0, 0.1) is 5.92 Å². The molecule has 0 aliphatic carbocycles. The van der Waals surface area contributed by atoms with Crippen LogP contribution < -0.4 is 0 Å². The molecule has 0 saturated carbocycles. The number of hydrogen-bond donors (Lipinski definition) is 2. The number of ether oxygens (including phenoxy) is 2. The van der Waals surface area contributed by atoms with Crippen molar-refractivity contribution in [3.8, 4) is 0 Å². The maximum Gasteiger partial charge on any atom is 0.333 e. The fraction of sp³-hybridized carbons (Fsp3) is 0.762. The van der Waals surface area contributed by atoms with E-state index in [9.17, 15) is 15.0 Å². The van der Waals surface area contributed by atoms with Crippen molar-refractivity contribution in [3.05, 3.63) is 23.8 Å². The predicted octanol–water partition coefficient (Wildman–Crippen LogP) is 3.29. The Morgan fingerprint density at radius 2 is 1.92 bits per heavy atom. The van der Waals surface area contributed by atoms with Crippen molar-refractivity contribution >= 4 is 5.97 Å². The van der Waals surface area contributed by atoms with Gasteiger partial charge in [0.1, 0.15) is 0 Å². The van der Waals surface area contributed by atoms with E-state index in [4.69, 9.17) is 9.47 Å². The lowest BCUT2D eigenvalue weighted by atomic mass is 9.75. The third-order valence-corrected chi connectivity index (χ3v) is 5.94. The second kappa shape index (κ2) is 7.83. The molecule has 1 saturated heterocycles. The van der Waals surface area contributed by atoms with Gasteiger partial charge in [-0.05, 0) is 58.3 Å². The lowest BCUT2D eigenvalue weighted by Crippen LogP contribution is -2.55. The van der Waals surface area contributed by atoms with Gasteiger partial charge in [-0.15, -0.1) is 0 Å². The van der Waals surface area contributed by atoms with E-state index in [1.165, 1.54) is 7.11 Å². The quantitative estimate of drug-likeness (QED) is 0.579. The molecule has 0 aromatic rings. The summed E-state index contributed by atoms with van der Waals surface area (Å²) in [5.74, 6) is -0.158. The van der Waals surface area contributed by atoms with Crippen molar-refractivity contribution in [2.24, 2.45) is 5.92 Å². The van der Waals surface area contributed by atoms with E-state index >= 15 is 0 Å². The van der Waals surface area contributed by atoms with Gasteiger partial charge in [-0.1, -0.05) is 32.1 Å². The molecule has 2 aliphatic rings. The van der Waals surface area contributed by atoms with Crippen molar-refractivity contribution in [2.75, 3.05) is 7.11 Å². The number of carbonyl (C=O) groups is 1. The fourth-order valence-electron chi connectivity index (χ4n) is 3.82. The monoisotopic (exact) mass is 366 g/mol. The molecule has 1 fully saturated rings. The minimum atomic E-state index is -0.988. The molecule has 0 aromatic carbocycles. The Kier molecular flexibility index (Phi) is 6.36. The molecule has 0 aromatic heterocycles. The number of allylic oxidation sites excluding steroid dienone is 1. The molecule has 5 heteroatoms. The van der Waals surface area contributed by atoms with E-state index in [2.05, 4.69) is 13.8 Å². The summed E-state index contributed by atoms with van der Waals surface area (Å²) in [4.78, 5) is 12.1. The Morgan fingerprint density at radius 3 is 2.54 bits per heavy atom. The van der Waals surface area contributed by atoms with Crippen molar-refractivity contribution in [2.45, 2.75) is 89.1 Å². The molecule has 2 aliphatic heterocycles. The molecular formula is C21H34O5. The molecule has 26 heavy (non-hydrogen) atoms. The van der Waals surface area contributed by atoms with Gasteiger partial charge in [0.15, 0.2) is 0 Å². The van der Waals surface area contributed by atoms with Gasteiger partial charge in [-0.3, -0.25) is 0 Å². The summed E-state index contributed by atoms with van der Waals surface area (Å²) in [6.45, 7) is 7.77. The lowest BCUT2D eigenvalue weighted by molar-refractivity contribution is -0.210. The zero-order chi connectivity index (χ0) is 19.6. The third kappa shape index (κ3) is 4.76. The second-order valence-corrected chi connectivity index (χ2v) is 8.56. The summed E-state index contributed by atoms with van der Waals surface area (Å²) in [5.41, 5.74) is -1.88. The summed E-state index contributed by atoms with van der Waals surface area (Å²) in [6.07, 6.45) is 8.69. The molecule has 2 rings (SSSR count). The second-order valence-electron chi connectivity index (χ2n) is 8.56. The summed E-state index contributed by atoms with van der Waals surface area (Å²) in [5, 5.41) is 21.5. The summed E-state index contributed by atoms with van der Waals surface area (Å²) >= 11 is 0. The van der Waals surface area contributed by atoms with E-state index in [-0.39, 0.29) is 18.0 Å². The highest BCUT2D eigenvalue weighted by molar-refractivity contribution is 5.88.